The molecule has 1 aromatic carbocycles. The zero-order chi connectivity index (χ0) is 12.4. The maximum absolute atomic E-state index is 11.9. The van der Waals surface area contributed by atoms with Gasteiger partial charge in [0.25, 0.3) is 5.91 Å². The molecule has 0 radical (unpaired) electrons. The summed E-state index contributed by atoms with van der Waals surface area (Å²) in [5, 5.41) is 9.88. The summed E-state index contributed by atoms with van der Waals surface area (Å²) < 4.78 is 0.477. The van der Waals surface area contributed by atoms with Crippen molar-refractivity contribution < 1.29 is 4.79 Å². The predicted octanol–water partition coefficient (Wildman–Crippen LogP) is 3.76. The van der Waals surface area contributed by atoms with Gasteiger partial charge >= 0.3 is 0 Å². The topological polar surface area (TPSA) is 57.8 Å². The van der Waals surface area contributed by atoms with Crippen LogP contribution >= 0.6 is 46.8 Å². The molecule has 4 nitrogen and oxygen atoms in total. The third-order valence-corrected chi connectivity index (χ3v) is 3.48. The molecule has 0 saturated heterocycles. The summed E-state index contributed by atoms with van der Waals surface area (Å²) >= 11 is 17.8. The van der Waals surface area contributed by atoms with Gasteiger partial charge in [0.1, 0.15) is 0 Å². The highest BCUT2D eigenvalue weighted by Gasteiger charge is 2.15. The summed E-state index contributed by atoms with van der Waals surface area (Å²) in [7, 11) is 0. The molecule has 0 unspecified atom stereocenters. The standard InChI is InChI=1S/C9H5Cl2N3OS2/c10-4-2-1-3-5(11)6(4)7(15)12-8-13-14-9(16)17-8/h1-3H,(H,14,16)(H,12,13,15). The van der Waals surface area contributed by atoms with Crippen molar-refractivity contribution in [3.05, 3.63) is 37.8 Å². The second-order valence-electron chi connectivity index (χ2n) is 2.97. The molecule has 0 atom stereocenters. The molecule has 1 heterocycles. The molecule has 17 heavy (non-hydrogen) atoms. The van der Waals surface area contributed by atoms with Gasteiger partial charge in [0.15, 0.2) is 3.95 Å². The fourth-order valence-corrected chi connectivity index (χ4v) is 2.51. The fourth-order valence-electron chi connectivity index (χ4n) is 1.16. The van der Waals surface area contributed by atoms with Crippen molar-refractivity contribution in [2.24, 2.45) is 0 Å². The number of halogens is 2. The Balaban J connectivity index is 2.29. The Morgan fingerprint density at radius 2 is 2.06 bits per heavy atom. The van der Waals surface area contributed by atoms with E-state index in [4.69, 9.17) is 35.4 Å². The Morgan fingerprint density at radius 1 is 1.41 bits per heavy atom. The van der Waals surface area contributed by atoms with Crippen molar-refractivity contribution >= 4 is 57.8 Å². The molecule has 88 valence electrons. The summed E-state index contributed by atoms with van der Waals surface area (Å²) in [5.41, 5.74) is 0.219. The first-order chi connectivity index (χ1) is 8.08. The minimum absolute atomic E-state index is 0.219. The molecule has 0 aliphatic heterocycles. The van der Waals surface area contributed by atoms with Gasteiger partial charge in [0.05, 0.1) is 15.6 Å². The molecule has 0 aliphatic rings. The molecular weight excluding hydrogens is 301 g/mol. The van der Waals surface area contributed by atoms with E-state index in [1.165, 1.54) is 0 Å². The van der Waals surface area contributed by atoms with E-state index in [-0.39, 0.29) is 15.6 Å². The number of benzene rings is 1. The highest BCUT2D eigenvalue weighted by Crippen LogP contribution is 2.25. The highest BCUT2D eigenvalue weighted by atomic mass is 35.5. The second kappa shape index (κ2) is 5.14. The number of nitrogens with zero attached hydrogens (tertiary/aromatic N) is 1. The number of carbonyl (C=O) groups excluding carboxylic acids is 1. The normalized spacial score (nSPS) is 10.2. The number of aromatic amines is 1. The number of hydrogen-bond acceptors (Lipinski definition) is 4. The van der Waals surface area contributed by atoms with E-state index in [0.29, 0.717) is 9.09 Å². The minimum Gasteiger partial charge on any atom is -0.296 e. The summed E-state index contributed by atoms with van der Waals surface area (Å²) in [6.07, 6.45) is 0. The SMILES string of the molecule is O=C(Nc1n[nH]c(=S)s1)c1c(Cl)cccc1Cl. The van der Waals surface area contributed by atoms with E-state index < -0.39 is 5.91 Å². The molecule has 2 rings (SSSR count). The van der Waals surface area contributed by atoms with Crippen LogP contribution in [0.2, 0.25) is 10.0 Å². The first kappa shape index (κ1) is 12.5. The van der Waals surface area contributed by atoms with Crippen LogP contribution in [0.4, 0.5) is 5.13 Å². The van der Waals surface area contributed by atoms with Crippen LogP contribution in [0, 0.1) is 3.95 Å². The smallest absolute Gasteiger partial charge is 0.260 e. The van der Waals surface area contributed by atoms with Crippen LogP contribution in [-0.2, 0) is 0 Å². The van der Waals surface area contributed by atoms with E-state index in [1.54, 1.807) is 18.2 Å². The third-order valence-electron chi connectivity index (χ3n) is 1.85. The Morgan fingerprint density at radius 3 is 2.59 bits per heavy atom. The number of rotatable bonds is 2. The van der Waals surface area contributed by atoms with Gasteiger partial charge in [-0.05, 0) is 24.4 Å². The van der Waals surface area contributed by atoms with Gasteiger partial charge in [0.2, 0.25) is 5.13 Å². The van der Waals surface area contributed by atoms with Gasteiger partial charge in [-0.1, -0.05) is 40.6 Å². The number of aromatic nitrogens is 2. The molecule has 0 fully saturated rings. The lowest BCUT2D eigenvalue weighted by atomic mass is 10.2. The van der Waals surface area contributed by atoms with Crippen molar-refractivity contribution in [1.82, 2.24) is 10.2 Å². The van der Waals surface area contributed by atoms with Gasteiger partial charge in [-0.25, -0.2) is 0 Å². The average Bonchev–Trinajstić information content (AvgIpc) is 2.63. The number of amides is 1. The van der Waals surface area contributed by atoms with Crippen LogP contribution < -0.4 is 5.32 Å². The van der Waals surface area contributed by atoms with Crippen molar-refractivity contribution in [3.8, 4) is 0 Å². The van der Waals surface area contributed by atoms with Gasteiger partial charge in [-0.2, -0.15) is 0 Å². The zero-order valence-electron chi connectivity index (χ0n) is 8.16. The molecule has 0 bridgehead atoms. The zero-order valence-corrected chi connectivity index (χ0v) is 11.3. The summed E-state index contributed by atoms with van der Waals surface area (Å²) in [4.78, 5) is 11.9. The van der Waals surface area contributed by atoms with Gasteiger partial charge in [0, 0.05) is 0 Å². The largest absolute Gasteiger partial charge is 0.296 e. The molecule has 0 aliphatic carbocycles. The van der Waals surface area contributed by atoms with E-state index in [9.17, 15) is 4.79 Å². The first-order valence-electron chi connectivity index (χ1n) is 4.39. The lowest BCUT2D eigenvalue weighted by Gasteiger charge is -2.05. The lowest BCUT2D eigenvalue weighted by Crippen LogP contribution is -2.12. The molecule has 8 heteroatoms. The van der Waals surface area contributed by atoms with Crippen molar-refractivity contribution in [3.63, 3.8) is 0 Å². The number of nitrogens with one attached hydrogen (secondary N) is 2. The van der Waals surface area contributed by atoms with Crippen LogP contribution in [0.5, 0.6) is 0 Å². The summed E-state index contributed by atoms with van der Waals surface area (Å²) in [6.45, 7) is 0. The number of hydrogen-bond donors (Lipinski definition) is 2. The Hall–Kier alpha value is -0.950. The fraction of sp³-hybridized carbons (Fsp3) is 0. The summed E-state index contributed by atoms with van der Waals surface area (Å²) in [5.74, 6) is -0.418. The van der Waals surface area contributed by atoms with Crippen LogP contribution in [0.25, 0.3) is 0 Å². The van der Waals surface area contributed by atoms with E-state index in [2.05, 4.69) is 15.5 Å². The van der Waals surface area contributed by atoms with Crippen LogP contribution in [-0.4, -0.2) is 16.1 Å². The predicted molar refractivity (Wildman–Crippen MR) is 71.7 cm³/mol. The lowest BCUT2D eigenvalue weighted by molar-refractivity contribution is 0.102. The molecule has 0 saturated carbocycles. The second-order valence-corrected chi connectivity index (χ2v) is 5.45. The van der Waals surface area contributed by atoms with E-state index in [1.807, 2.05) is 0 Å². The van der Waals surface area contributed by atoms with E-state index >= 15 is 0 Å². The van der Waals surface area contributed by atoms with E-state index in [0.717, 1.165) is 11.3 Å². The highest BCUT2D eigenvalue weighted by molar-refractivity contribution is 7.73. The number of carbonyl (C=O) groups is 1. The minimum atomic E-state index is -0.418. The van der Waals surface area contributed by atoms with Crippen molar-refractivity contribution in [2.45, 2.75) is 0 Å². The summed E-state index contributed by atoms with van der Waals surface area (Å²) in [6, 6.07) is 4.85. The van der Waals surface area contributed by atoms with Gasteiger partial charge in [-0.15, -0.1) is 5.10 Å². The van der Waals surface area contributed by atoms with Crippen LogP contribution in [0.3, 0.4) is 0 Å². The Bertz CT molecular complexity index is 602. The number of anilines is 1. The molecule has 1 amide bonds. The van der Waals surface area contributed by atoms with Crippen molar-refractivity contribution in [2.75, 3.05) is 5.32 Å². The maximum atomic E-state index is 11.9. The quantitative estimate of drug-likeness (QED) is 0.831. The third kappa shape index (κ3) is 2.84. The molecule has 2 aromatic rings. The molecule has 1 aromatic heterocycles. The van der Waals surface area contributed by atoms with Crippen molar-refractivity contribution in [1.29, 1.82) is 0 Å². The average molecular weight is 306 g/mol. The number of H-pyrrole nitrogens is 1. The Labute approximate surface area is 116 Å². The molecular formula is C9H5Cl2N3OS2. The first-order valence-corrected chi connectivity index (χ1v) is 6.37. The molecule has 0 spiro atoms. The van der Waals surface area contributed by atoms with Crippen LogP contribution in [0.1, 0.15) is 10.4 Å². The van der Waals surface area contributed by atoms with Gasteiger partial charge in [-0.3, -0.25) is 15.2 Å². The molecule has 2 N–H and O–H groups in total. The van der Waals surface area contributed by atoms with Gasteiger partial charge < -0.3 is 0 Å². The van der Waals surface area contributed by atoms with Crippen LogP contribution in [0.15, 0.2) is 18.2 Å². The monoisotopic (exact) mass is 305 g/mol. The maximum Gasteiger partial charge on any atom is 0.260 e. The Kier molecular flexibility index (Phi) is 3.78.